The molecule has 0 bridgehead atoms. The first-order valence-electron chi connectivity index (χ1n) is 3.98. The van der Waals surface area contributed by atoms with Gasteiger partial charge >= 0.3 is 12.1 Å². The highest BCUT2D eigenvalue weighted by atomic mass is 19.4. The zero-order valence-electron chi connectivity index (χ0n) is 7.34. The molecule has 1 amide bonds. The Morgan fingerprint density at radius 3 is 2.43 bits per heavy atom. The van der Waals surface area contributed by atoms with E-state index in [2.05, 4.69) is 6.58 Å². The second kappa shape index (κ2) is 3.27. The molecule has 0 aromatic heterocycles. The summed E-state index contributed by atoms with van der Waals surface area (Å²) in [6, 6.07) is 0. The van der Waals surface area contributed by atoms with Crippen LogP contribution in [0.4, 0.5) is 13.2 Å². The number of aliphatic hydroxyl groups is 1. The fourth-order valence-electron chi connectivity index (χ4n) is 1.38. The van der Waals surface area contributed by atoms with E-state index in [4.69, 9.17) is 0 Å². The third kappa shape index (κ3) is 2.06. The summed E-state index contributed by atoms with van der Waals surface area (Å²) in [5.41, 5.74) is -1.22. The molecule has 1 saturated heterocycles. The Balaban J connectivity index is 2.49. The highest BCUT2D eigenvalue weighted by molar-refractivity contribution is 5.82. The van der Waals surface area contributed by atoms with Crippen molar-refractivity contribution in [1.82, 2.24) is 4.90 Å². The van der Waals surface area contributed by atoms with E-state index in [1.165, 1.54) is 6.08 Å². The lowest BCUT2D eigenvalue weighted by Gasteiger charge is -2.46. The highest BCUT2D eigenvalue weighted by Gasteiger charge is 2.51. The summed E-state index contributed by atoms with van der Waals surface area (Å²) in [5.74, 6) is -1.90. The fourth-order valence-corrected chi connectivity index (χ4v) is 1.38. The number of alkyl halides is 3. The second-order valence-corrected chi connectivity index (χ2v) is 3.38. The molecule has 6 heteroatoms. The van der Waals surface area contributed by atoms with Gasteiger partial charge in [-0.1, -0.05) is 6.08 Å². The molecule has 1 rings (SSSR count). The normalized spacial score (nSPS) is 20.1. The number of amides is 1. The van der Waals surface area contributed by atoms with Crippen molar-refractivity contribution in [1.29, 1.82) is 0 Å². The van der Waals surface area contributed by atoms with Crippen molar-refractivity contribution in [3.63, 3.8) is 0 Å². The van der Waals surface area contributed by atoms with Crippen LogP contribution in [0.1, 0.15) is 6.42 Å². The van der Waals surface area contributed by atoms with Gasteiger partial charge in [-0.05, 0) is 6.42 Å². The molecule has 80 valence electrons. The van der Waals surface area contributed by atoms with Gasteiger partial charge in [-0.3, -0.25) is 4.79 Å². The summed E-state index contributed by atoms with van der Waals surface area (Å²) in [6.07, 6.45) is -3.25. The second-order valence-electron chi connectivity index (χ2n) is 3.38. The van der Waals surface area contributed by atoms with Gasteiger partial charge in [0.25, 0.3) is 0 Å². The quantitative estimate of drug-likeness (QED) is 0.680. The minimum atomic E-state index is -4.85. The smallest absolute Gasteiger partial charge is 0.386 e. The summed E-state index contributed by atoms with van der Waals surface area (Å²) >= 11 is 0. The van der Waals surface area contributed by atoms with Crippen molar-refractivity contribution in [2.75, 3.05) is 13.1 Å². The Morgan fingerprint density at radius 1 is 1.57 bits per heavy atom. The Hall–Kier alpha value is -1.04. The lowest BCUT2D eigenvalue weighted by atomic mass is 9.90. The van der Waals surface area contributed by atoms with E-state index in [1.54, 1.807) is 0 Å². The van der Waals surface area contributed by atoms with Crippen LogP contribution in [0.3, 0.4) is 0 Å². The average molecular weight is 209 g/mol. The molecule has 0 spiro atoms. The molecule has 1 aliphatic heterocycles. The molecule has 1 aliphatic rings. The molecule has 0 unspecified atom stereocenters. The number of rotatable bonds is 2. The summed E-state index contributed by atoms with van der Waals surface area (Å²) in [5, 5.41) is 9.46. The van der Waals surface area contributed by atoms with Crippen molar-refractivity contribution in [2.24, 2.45) is 0 Å². The van der Waals surface area contributed by atoms with Crippen LogP contribution < -0.4 is 0 Å². The fraction of sp³-hybridized carbons (Fsp3) is 0.625. The van der Waals surface area contributed by atoms with Gasteiger partial charge in [-0.2, -0.15) is 13.2 Å². The molecule has 3 nitrogen and oxygen atoms in total. The van der Waals surface area contributed by atoms with Crippen molar-refractivity contribution in [3.05, 3.63) is 12.7 Å². The number of hydrogen-bond acceptors (Lipinski definition) is 2. The summed E-state index contributed by atoms with van der Waals surface area (Å²) in [7, 11) is 0. The Bertz CT molecular complexity index is 256. The number of hydrogen-bond donors (Lipinski definition) is 1. The number of carbonyl (C=O) groups excluding carboxylic acids is 1. The number of carbonyl (C=O) groups is 1. The van der Waals surface area contributed by atoms with Crippen LogP contribution in [-0.2, 0) is 4.79 Å². The first-order chi connectivity index (χ1) is 6.28. The minimum Gasteiger partial charge on any atom is -0.386 e. The van der Waals surface area contributed by atoms with E-state index in [9.17, 15) is 23.1 Å². The standard InChI is InChI=1S/C8H10F3NO2/c1-2-3-7(14)4-12(5-7)6(13)8(9,10)11/h2,14H,1,3-5H2. The van der Waals surface area contributed by atoms with Crippen LogP contribution in [-0.4, -0.2) is 40.8 Å². The van der Waals surface area contributed by atoms with Crippen LogP contribution in [0.25, 0.3) is 0 Å². The maximum Gasteiger partial charge on any atom is 0.471 e. The summed E-state index contributed by atoms with van der Waals surface area (Å²) < 4.78 is 35.6. The molecule has 14 heavy (non-hydrogen) atoms. The van der Waals surface area contributed by atoms with Crippen molar-refractivity contribution in [2.45, 2.75) is 18.2 Å². The maximum atomic E-state index is 11.9. The molecule has 1 heterocycles. The number of likely N-dealkylation sites (tertiary alicyclic amines) is 1. The van der Waals surface area contributed by atoms with Gasteiger partial charge in [-0.25, -0.2) is 0 Å². The molecule has 0 aromatic carbocycles. The van der Waals surface area contributed by atoms with E-state index >= 15 is 0 Å². The van der Waals surface area contributed by atoms with Crippen molar-refractivity contribution in [3.8, 4) is 0 Å². The monoisotopic (exact) mass is 209 g/mol. The Morgan fingerprint density at radius 2 is 2.07 bits per heavy atom. The third-order valence-electron chi connectivity index (χ3n) is 2.02. The average Bonchev–Trinajstić information content (AvgIpc) is 1.97. The van der Waals surface area contributed by atoms with Gasteiger partial charge in [0.05, 0.1) is 13.1 Å². The van der Waals surface area contributed by atoms with E-state index in [0.29, 0.717) is 4.90 Å². The topological polar surface area (TPSA) is 40.5 Å². The summed E-state index contributed by atoms with van der Waals surface area (Å²) in [6.45, 7) is 2.80. The van der Waals surface area contributed by atoms with Crippen LogP contribution in [0.5, 0.6) is 0 Å². The highest BCUT2D eigenvalue weighted by Crippen LogP contribution is 2.29. The largest absolute Gasteiger partial charge is 0.471 e. The zero-order chi connectivity index (χ0) is 11.0. The van der Waals surface area contributed by atoms with Crippen molar-refractivity contribution >= 4 is 5.91 Å². The van der Waals surface area contributed by atoms with Gasteiger partial charge < -0.3 is 10.0 Å². The molecular formula is C8H10F3NO2. The zero-order valence-corrected chi connectivity index (χ0v) is 7.34. The Labute approximate surface area is 78.8 Å². The molecular weight excluding hydrogens is 199 g/mol. The van der Waals surface area contributed by atoms with Gasteiger partial charge in [0.15, 0.2) is 0 Å². The lowest BCUT2D eigenvalue weighted by Crippen LogP contribution is -2.65. The van der Waals surface area contributed by atoms with E-state index in [-0.39, 0.29) is 19.5 Å². The number of β-amino-alcohol motifs (C(OH)–C–C–N with tert-alkyl or cyclic N) is 1. The Kier molecular flexibility index (Phi) is 2.58. The molecule has 0 aliphatic carbocycles. The lowest BCUT2D eigenvalue weighted by molar-refractivity contribution is -0.202. The van der Waals surface area contributed by atoms with Gasteiger partial charge in [0, 0.05) is 0 Å². The minimum absolute atomic E-state index is 0.189. The molecule has 0 saturated carbocycles. The van der Waals surface area contributed by atoms with E-state index in [1.807, 2.05) is 0 Å². The molecule has 0 aromatic rings. The van der Waals surface area contributed by atoms with Crippen LogP contribution in [0.2, 0.25) is 0 Å². The van der Waals surface area contributed by atoms with Gasteiger partial charge in [-0.15, -0.1) is 6.58 Å². The third-order valence-corrected chi connectivity index (χ3v) is 2.02. The van der Waals surface area contributed by atoms with Gasteiger partial charge in [0.2, 0.25) is 0 Å². The number of nitrogens with zero attached hydrogens (tertiary/aromatic N) is 1. The molecule has 1 fully saturated rings. The first kappa shape index (κ1) is 11.0. The summed E-state index contributed by atoms with van der Waals surface area (Å²) in [4.78, 5) is 11.2. The SMILES string of the molecule is C=CCC1(O)CN(C(=O)C(F)(F)F)C1. The predicted octanol–water partition coefficient (Wildman–Crippen LogP) is 0.698. The molecule has 0 atom stereocenters. The maximum absolute atomic E-state index is 11.9. The molecule has 1 N–H and O–H groups in total. The van der Waals surface area contributed by atoms with E-state index in [0.717, 1.165) is 0 Å². The van der Waals surface area contributed by atoms with Gasteiger partial charge in [0.1, 0.15) is 5.60 Å². The molecule has 0 radical (unpaired) electrons. The predicted molar refractivity (Wildman–Crippen MR) is 42.4 cm³/mol. The van der Waals surface area contributed by atoms with E-state index < -0.39 is 17.7 Å². The van der Waals surface area contributed by atoms with Crippen LogP contribution >= 0.6 is 0 Å². The van der Waals surface area contributed by atoms with Crippen LogP contribution in [0.15, 0.2) is 12.7 Å². The number of halogens is 3. The van der Waals surface area contributed by atoms with Crippen LogP contribution in [0, 0.1) is 0 Å². The first-order valence-corrected chi connectivity index (χ1v) is 3.98. The van der Waals surface area contributed by atoms with Crippen molar-refractivity contribution < 1.29 is 23.1 Å².